The third-order valence-electron chi connectivity index (χ3n) is 1.17. The molecule has 60 valence electrons. The SMILES string of the molecule is CO[PH](=O)N1C(=O)C=CC1=O. The average Bonchev–Trinajstić information content (AvgIpc) is 2.30. The summed E-state index contributed by atoms with van der Waals surface area (Å²) in [5.41, 5.74) is 0. The molecule has 2 amide bonds. The molecule has 0 radical (unpaired) electrons. The van der Waals surface area contributed by atoms with E-state index in [4.69, 9.17) is 0 Å². The minimum atomic E-state index is -2.68. The van der Waals surface area contributed by atoms with Crippen LogP contribution < -0.4 is 0 Å². The van der Waals surface area contributed by atoms with Crippen molar-refractivity contribution in [3.05, 3.63) is 12.2 Å². The third kappa shape index (κ3) is 1.39. The van der Waals surface area contributed by atoms with Gasteiger partial charge in [-0.2, -0.15) is 0 Å². The minimum absolute atomic E-state index is 0.583. The fraction of sp³-hybridized carbons (Fsp3) is 0.200. The van der Waals surface area contributed by atoms with Gasteiger partial charge in [0.15, 0.2) is 0 Å². The lowest BCUT2D eigenvalue weighted by molar-refractivity contribution is -0.131. The summed E-state index contributed by atoms with van der Waals surface area (Å²) < 4.78 is 15.8. The Hall–Kier alpha value is -0.930. The molecule has 1 rings (SSSR count). The van der Waals surface area contributed by atoms with E-state index in [2.05, 4.69) is 4.52 Å². The van der Waals surface area contributed by atoms with Gasteiger partial charge in [0.25, 0.3) is 20.0 Å². The van der Waals surface area contributed by atoms with E-state index in [0.717, 1.165) is 12.2 Å². The van der Waals surface area contributed by atoms with Gasteiger partial charge < -0.3 is 4.52 Å². The monoisotopic (exact) mass is 175 g/mol. The Labute approximate surface area is 63.5 Å². The van der Waals surface area contributed by atoms with E-state index in [0.29, 0.717) is 4.67 Å². The first-order chi connectivity index (χ1) is 5.16. The van der Waals surface area contributed by atoms with Crippen LogP contribution in [-0.2, 0) is 18.7 Å². The van der Waals surface area contributed by atoms with Crippen molar-refractivity contribution in [1.82, 2.24) is 4.67 Å². The first kappa shape index (κ1) is 8.17. The molecule has 1 unspecified atom stereocenters. The van der Waals surface area contributed by atoms with E-state index in [9.17, 15) is 14.2 Å². The van der Waals surface area contributed by atoms with E-state index < -0.39 is 20.0 Å². The second-order valence-corrected chi connectivity index (χ2v) is 3.20. The average molecular weight is 175 g/mol. The zero-order valence-corrected chi connectivity index (χ0v) is 6.73. The molecule has 0 spiro atoms. The van der Waals surface area contributed by atoms with Gasteiger partial charge in [-0.05, 0) is 0 Å². The Morgan fingerprint density at radius 2 is 1.82 bits per heavy atom. The van der Waals surface area contributed by atoms with Crippen molar-refractivity contribution in [2.24, 2.45) is 0 Å². The lowest BCUT2D eigenvalue weighted by atomic mass is 10.6. The molecule has 0 aromatic carbocycles. The van der Waals surface area contributed by atoms with Gasteiger partial charge in [-0.1, -0.05) is 0 Å². The van der Waals surface area contributed by atoms with E-state index in [1.807, 2.05) is 0 Å². The van der Waals surface area contributed by atoms with E-state index >= 15 is 0 Å². The van der Waals surface area contributed by atoms with Gasteiger partial charge in [-0.25, -0.2) is 4.67 Å². The highest BCUT2D eigenvalue weighted by Crippen LogP contribution is 2.30. The number of hydrogen-bond donors (Lipinski definition) is 0. The van der Waals surface area contributed by atoms with E-state index in [1.165, 1.54) is 7.11 Å². The Bertz CT molecular complexity index is 241. The molecule has 0 aliphatic carbocycles. The number of imide groups is 1. The summed E-state index contributed by atoms with van der Waals surface area (Å²) in [6, 6.07) is 0. The summed E-state index contributed by atoms with van der Waals surface area (Å²) in [5, 5.41) is 0. The Balaban J connectivity index is 2.82. The van der Waals surface area contributed by atoms with Crippen molar-refractivity contribution in [2.45, 2.75) is 0 Å². The molecule has 0 bridgehead atoms. The van der Waals surface area contributed by atoms with Gasteiger partial charge in [0.05, 0.1) is 0 Å². The topological polar surface area (TPSA) is 63.7 Å². The van der Waals surface area contributed by atoms with Crippen LogP contribution in [0.25, 0.3) is 0 Å². The number of hydrogen-bond acceptors (Lipinski definition) is 4. The molecule has 5 nitrogen and oxygen atoms in total. The maximum absolute atomic E-state index is 10.8. The van der Waals surface area contributed by atoms with Crippen LogP contribution in [0.4, 0.5) is 0 Å². The zero-order chi connectivity index (χ0) is 8.43. The molecular weight excluding hydrogens is 169 g/mol. The lowest BCUT2D eigenvalue weighted by Gasteiger charge is -2.10. The van der Waals surface area contributed by atoms with Crippen molar-refractivity contribution in [2.75, 3.05) is 7.11 Å². The second kappa shape index (κ2) is 2.98. The molecule has 0 aromatic rings. The first-order valence-electron chi connectivity index (χ1n) is 2.81. The Morgan fingerprint density at radius 1 is 1.36 bits per heavy atom. The van der Waals surface area contributed by atoms with Crippen LogP contribution in [0.5, 0.6) is 0 Å². The maximum Gasteiger partial charge on any atom is 0.293 e. The van der Waals surface area contributed by atoms with Crippen molar-refractivity contribution in [1.29, 1.82) is 0 Å². The number of carbonyl (C=O) groups is 2. The predicted octanol–water partition coefficient (Wildman–Crippen LogP) is -0.0525. The van der Waals surface area contributed by atoms with Gasteiger partial charge in [-0.3, -0.25) is 14.2 Å². The minimum Gasteiger partial charge on any atom is -0.318 e. The van der Waals surface area contributed by atoms with Crippen molar-refractivity contribution in [3.8, 4) is 0 Å². The maximum atomic E-state index is 10.8. The van der Waals surface area contributed by atoms with Crippen molar-refractivity contribution < 1.29 is 18.7 Å². The van der Waals surface area contributed by atoms with Crippen molar-refractivity contribution in [3.63, 3.8) is 0 Å². The normalized spacial score (nSPS) is 19.5. The van der Waals surface area contributed by atoms with Gasteiger partial charge in [0, 0.05) is 19.3 Å². The molecule has 11 heavy (non-hydrogen) atoms. The summed E-state index contributed by atoms with van der Waals surface area (Å²) in [7, 11) is -1.50. The summed E-state index contributed by atoms with van der Waals surface area (Å²) in [4.78, 5) is 21.5. The van der Waals surface area contributed by atoms with E-state index in [-0.39, 0.29) is 0 Å². The molecule has 1 aliphatic heterocycles. The smallest absolute Gasteiger partial charge is 0.293 e. The van der Waals surface area contributed by atoms with Gasteiger partial charge in [0.1, 0.15) is 0 Å². The molecule has 0 N–H and O–H groups in total. The lowest BCUT2D eigenvalue weighted by Crippen LogP contribution is -2.22. The highest BCUT2D eigenvalue weighted by atomic mass is 31.1. The fourth-order valence-corrected chi connectivity index (χ4v) is 1.36. The largest absolute Gasteiger partial charge is 0.318 e. The first-order valence-corrected chi connectivity index (χ1v) is 4.07. The van der Waals surface area contributed by atoms with Crippen LogP contribution in [0, 0.1) is 0 Å². The summed E-state index contributed by atoms with van der Waals surface area (Å²) >= 11 is 0. The number of nitrogens with zero attached hydrogens (tertiary/aromatic N) is 1. The van der Waals surface area contributed by atoms with Gasteiger partial charge >= 0.3 is 0 Å². The Kier molecular flexibility index (Phi) is 2.22. The molecule has 1 atom stereocenters. The number of carbonyl (C=O) groups excluding carboxylic acids is 2. The quantitative estimate of drug-likeness (QED) is 0.436. The van der Waals surface area contributed by atoms with Gasteiger partial charge in [-0.15, -0.1) is 0 Å². The highest BCUT2D eigenvalue weighted by Gasteiger charge is 2.28. The van der Waals surface area contributed by atoms with Gasteiger partial charge in [0.2, 0.25) is 0 Å². The van der Waals surface area contributed by atoms with Crippen LogP contribution in [0.2, 0.25) is 0 Å². The second-order valence-electron chi connectivity index (χ2n) is 1.82. The van der Waals surface area contributed by atoms with Crippen LogP contribution >= 0.6 is 8.18 Å². The molecule has 0 saturated carbocycles. The zero-order valence-electron chi connectivity index (χ0n) is 5.73. The molecule has 0 fully saturated rings. The Morgan fingerprint density at radius 3 is 2.18 bits per heavy atom. The number of amides is 2. The van der Waals surface area contributed by atoms with Crippen LogP contribution in [0.1, 0.15) is 0 Å². The molecule has 1 heterocycles. The highest BCUT2D eigenvalue weighted by molar-refractivity contribution is 7.38. The van der Waals surface area contributed by atoms with Crippen molar-refractivity contribution >= 4 is 20.0 Å². The standard InChI is InChI=1S/C5H6NO4P/c1-10-11(9)6-4(7)2-3-5(6)8/h2-3,11H,1H3. The number of rotatable bonds is 2. The van der Waals surface area contributed by atoms with Crippen LogP contribution in [-0.4, -0.2) is 23.6 Å². The molecule has 0 aromatic heterocycles. The summed E-state index contributed by atoms with van der Waals surface area (Å²) in [6.07, 6.45) is 2.12. The summed E-state index contributed by atoms with van der Waals surface area (Å²) in [5.74, 6) is -1.17. The summed E-state index contributed by atoms with van der Waals surface area (Å²) in [6.45, 7) is 0. The van der Waals surface area contributed by atoms with Crippen LogP contribution in [0.15, 0.2) is 12.2 Å². The molecular formula is C5H6NO4P. The molecule has 0 saturated heterocycles. The third-order valence-corrected chi connectivity index (χ3v) is 2.32. The molecule has 1 aliphatic rings. The molecule has 6 heteroatoms. The fourth-order valence-electron chi connectivity index (χ4n) is 0.671. The van der Waals surface area contributed by atoms with E-state index in [1.54, 1.807) is 0 Å². The predicted molar refractivity (Wildman–Crippen MR) is 37.0 cm³/mol. The van der Waals surface area contributed by atoms with Crippen LogP contribution in [0.3, 0.4) is 0 Å².